The van der Waals surface area contributed by atoms with E-state index in [1.807, 2.05) is 12.1 Å². The van der Waals surface area contributed by atoms with E-state index < -0.39 is 0 Å². The molecule has 0 amide bonds. The molecule has 0 unspecified atom stereocenters. The van der Waals surface area contributed by atoms with Gasteiger partial charge in [-0.3, -0.25) is 4.98 Å². The zero-order valence-electron chi connectivity index (χ0n) is 6.31. The quantitative estimate of drug-likeness (QED) is 0.444. The highest BCUT2D eigenvalue weighted by Crippen LogP contribution is 2.09. The molecule has 0 aliphatic rings. The van der Waals surface area contributed by atoms with Crippen LogP contribution in [-0.2, 0) is 6.42 Å². The molecule has 62 valence electrons. The van der Waals surface area contributed by atoms with E-state index in [0.29, 0.717) is 13.0 Å². The van der Waals surface area contributed by atoms with Crippen molar-refractivity contribution in [3.05, 3.63) is 38.9 Å². The summed E-state index contributed by atoms with van der Waals surface area (Å²) in [6.07, 6.45) is 2.40. The second-order valence-electron chi connectivity index (χ2n) is 2.17. The molecule has 1 aromatic rings. The molecule has 0 atom stereocenters. The fourth-order valence-electron chi connectivity index (χ4n) is 0.795. The maximum absolute atomic E-state index is 8.03. The van der Waals surface area contributed by atoms with Gasteiger partial charge in [-0.15, -0.1) is 0 Å². The molecule has 0 aliphatic heterocycles. The van der Waals surface area contributed by atoms with Gasteiger partial charge in [0.25, 0.3) is 0 Å². The molecule has 0 radical (unpaired) electrons. The van der Waals surface area contributed by atoms with Crippen LogP contribution < -0.4 is 0 Å². The number of hydrogen-bond acceptors (Lipinski definition) is 2. The second kappa shape index (κ2) is 4.74. The van der Waals surface area contributed by atoms with Crippen molar-refractivity contribution in [1.82, 2.24) is 4.98 Å². The zero-order valence-corrected chi connectivity index (χ0v) is 7.90. The Kier molecular flexibility index (Phi) is 3.57. The Morgan fingerprint density at radius 2 is 2.50 bits per heavy atom. The highest BCUT2D eigenvalue weighted by molar-refractivity contribution is 9.10. The molecule has 0 fully saturated rings. The third kappa shape index (κ3) is 2.90. The summed E-state index contributed by atoms with van der Waals surface area (Å²) in [5.41, 5.74) is 8.96. The lowest BCUT2D eigenvalue weighted by molar-refractivity contribution is 0.913. The van der Waals surface area contributed by atoms with E-state index in [4.69, 9.17) is 5.53 Å². The first-order chi connectivity index (χ1) is 5.83. The first kappa shape index (κ1) is 9.03. The maximum Gasteiger partial charge on any atom is 0.0416 e. The number of aromatic nitrogens is 1. The molecule has 5 heteroatoms. The van der Waals surface area contributed by atoms with Crippen molar-refractivity contribution in [2.24, 2.45) is 5.11 Å². The average Bonchev–Trinajstić information content (AvgIpc) is 2.05. The van der Waals surface area contributed by atoms with E-state index in [1.54, 1.807) is 6.20 Å². The first-order valence-corrected chi connectivity index (χ1v) is 4.23. The van der Waals surface area contributed by atoms with Crippen molar-refractivity contribution >= 4 is 15.9 Å². The topological polar surface area (TPSA) is 61.7 Å². The van der Waals surface area contributed by atoms with Crippen LogP contribution in [0.15, 0.2) is 27.9 Å². The Morgan fingerprint density at radius 3 is 3.17 bits per heavy atom. The lowest BCUT2D eigenvalue weighted by atomic mass is 10.3. The van der Waals surface area contributed by atoms with Crippen LogP contribution in [0, 0.1) is 0 Å². The summed E-state index contributed by atoms with van der Waals surface area (Å²) < 4.78 is 0.994. The predicted molar refractivity (Wildman–Crippen MR) is 49.7 cm³/mol. The van der Waals surface area contributed by atoms with Gasteiger partial charge in [-0.25, -0.2) is 0 Å². The lowest BCUT2D eigenvalue weighted by Crippen LogP contribution is -1.91. The standard InChI is InChI=1S/C7H7BrN4/c8-6-1-3-10-7(5-6)2-4-11-12-9/h1,3,5H,2,4H2. The van der Waals surface area contributed by atoms with E-state index >= 15 is 0 Å². The van der Waals surface area contributed by atoms with Crippen LogP contribution in [0.3, 0.4) is 0 Å². The van der Waals surface area contributed by atoms with Gasteiger partial charge in [-0.1, -0.05) is 21.0 Å². The summed E-state index contributed by atoms with van der Waals surface area (Å²) in [7, 11) is 0. The second-order valence-corrected chi connectivity index (χ2v) is 3.09. The van der Waals surface area contributed by atoms with Gasteiger partial charge in [0.05, 0.1) is 0 Å². The fourth-order valence-corrected chi connectivity index (χ4v) is 1.18. The van der Waals surface area contributed by atoms with Gasteiger partial charge >= 0.3 is 0 Å². The molecule has 0 aliphatic carbocycles. The van der Waals surface area contributed by atoms with Crippen molar-refractivity contribution < 1.29 is 0 Å². The van der Waals surface area contributed by atoms with Gasteiger partial charge in [0.1, 0.15) is 0 Å². The molecule has 0 bridgehead atoms. The van der Waals surface area contributed by atoms with Gasteiger partial charge in [-0.05, 0) is 24.1 Å². The molecule has 4 nitrogen and oxygen atoms in total. The molecule has 0 saturated carbocycles. The molecule has 1 heterocycles. The highest BCUT2D eigenvalue weighted by Gasteiger charge is 1.93. The number of rotatable bonds is 3. The molecule has 12 heavy (non-hydrogen) atoms. The van der Waals surface area contributed by atoms with Crippen molar-refractivity contribution in [2.45, 2.75) is 6.42 Å². The van der Waals surface area contributed by atoms with Crippen LogP contribution in [-0.4, -0.2) is 11.5 Å². The minimum absolute atomic E-state index is 0.458. The van der Waals surface area contributed by atoms with Crippen LogP contribution in [0.25, 0.3) is 10.4 Å². The van der Waals surface area contributed by atoms with Crippen LogP contribution >= 0.6 is 15.9 Å². The van der Waals surface area contributed by atoms with E-state index in [1.165, 1.54) is 0 Å². The van der Waals surface area contributed by atoms with Crippen LogP contribution in [0.1, 0.15) is 5.69 Å². The summed E-state index contributed by atoms with van der Waals surface area (Å²) in [6.45, 7) is 0.458. The Hall–Kier alpha value is -1.06. The maximum atomic E-state index is 8.03. The molecule has 1 rings (SSSR count). The number of hydrogen-bond donors (Lipinski definition) is 0. The van der Waals surface area contributed by atoms with Crippen molar-refractivity contribution in [2.75, 3.05) is 6.54 Å². The van der Waals surface area contributed by atoms with Crippen molar-refractivity contribution in [3.63, 3.8) is 0 Å². The van der Waals surface area contributed by atoms with E-state index in [9.17, 15) is 0 Å². The third-order valence-corrected chi connectivity index (χ3v) is 1.80. The van der Waals surface area contributed by atoms with E-state index in [-0.39, 0.29) is 0 Å². The summed E-state index contributed by atoms with van der Waals surface area (Å²) >= 11 is 3.33. The third-order valence-electron chi connectivity index (χ3n) is 1.31. The van der Waals surface area contributed by atoms with Crippen molar-refractivity contribution in [1.29, 1.82) is 0 Å². The SMILES string of the molecule is [N-]=[N+]=NCCc1cc(Br)ccn1. The van der Waals surface area contributed by atoms with Crippen LogP contribution in [0.2, 0.25) is 0 Å². The van der Waals surface area contributed by atoms with Crippen molar-refractivity contribution in [3.8, 4) is 0 Å². The number of pyridine rings is 1. The molecule has 0 aromatic carbocycles. The average molecular weight is 227 g/mol. The van der Waals surface area contributed by atoms with Gasteiger partial charge in [0, 0.05) is 27.8 Å². The van der Waals surface area contributed by atoms with E-state index in [0.717, 1.165) is 10.2 Å². The summed E-state index contributed by atoms with van der Waals surface area (Å²) in [5, 5.41) is 3.42. The van der Waals surface area contributed by atoms with Gasteiger partial charge in [-0.2, -0.15) is 0 Å². The highest BCUT2D eigenvalue weighted by atomic mass is 79.9. The first-order valence-electron chi connectivity index (χ1n) is 3.44. The predicted octanol–water partition coefficient (Wildman–Crippen LogP) is 2.70. The number of azide groups is 1. The smallest absolute Gasteiger partial charge is 0.0416 e. The number of nitrogens with zero attached hydrogens (tertiary/aromatic N) is 4. The molecular weight excluding hydrogens is 220 g/mol. The summed E-state index contributed by atoms with van der Waals surface area (Å²) in [6, 6.07) is 3.77. The summed E-state index contributed by atoms with van der Waals surface area (Å²) in [4.78, 5) is 6.76. The number of halogens is 1. The molecule has 0 spiro atoms. The molecule has 1 aromatic heterocycles. The van der Waals surface area contributed by atoms with E-state index in [2.05, 4.69) is 30.9 Å². The molecular formula is C7H7BrN4. The summed E-state index contributed by atoms with van der Waals surface area (Å²) in [5.74, 6) is 0. The fraction of sp³-hybridized carbons (Fsp3) is 0.286. The Balaban J connectivity index is 2.57. The van der Waals surface area contributed by atoms with Gasteiger partial charge < -0.3 is 0 Å². The Labute approximate surface area is 78.4 Å². The minimum Gasteiger partial charge on any atom is -0.261 e. The monoisotopic (exact) mass is 226 g/mol. The lowest BCUT2D eigenvalue weighted by Gasteiger charge is -1.96. The normalized spacial score (nSPS) is 9.08. The largest absolute Gasteiger partial charge is 0.261 e. The molecule has 0 saturated heterocycles. The minimum atomic E-state index is 0.458. The van der Waals surface area contributed by atoms with Gasteiger partial charge in [0.2, 0.25) is 0 Å². The Morgan fingerprint density at radius 1 is 1.67 bits per heavy atom. The van der Waals surface area contributed by atoms with Crippen LogP contribution in [0.4, 0.5) is 0 Å². The molecule has 0 N–H and O–H groups in total. The Bertz CT molecular complexity index is 306. The van der Waals surface area contributed by atoms with Crippen LogP contribution in [0.5, 0.6) is 0 Å². The zero-order chi connectivity index (χ0) is 8.81. The van der Waals surface area contributed by atoms with Gasteiger partial charge in [0.15, 0.2) is 0 Å².